The van der Waals surface area contributed by atoms with E-state index in [9.17, 15) is 5.11 Å². The summed E-state index contributed by atoms with van der Waals surface area (Å²) in [7, 11) is 0. The van der Waals surface area contributed by atoms with Gasteiger partial charge in [-0.05, 0) is 145 Å². The first-order chi connectivity index (χ1) is 27.1. The fourth-order valence-corrected chi connectivity index (χ4v) is 9.55. The number of hydrogen-bond acceptors (Lipinski definition) is 2. The van der Waals surface area contributed by atoms with E-state index in [2.05, 4.69) is 191 Å². The number of nitrogens with zero attached hydrogens (tertiary/aromatic N) is 1. The molecule has 8 aromatic carbocycles. The molecule has 0 unspecified atom stereocenters. The van der Waals surface area contributed by atoms with Gasteiger partial charge in [0.25, 0.3) is 0 Å². The number of aryl methyl sites for hydroxylation is 1. The molecule has 0 heterocycles. The van der Waals surface area contributed by atoms with E-state index in [0.717, 1.165) is 22.6 Å². The Bertz CT molecular complexity index is 2840. The Kier molecular flexibility index (Phi) is 7.75. The summed E-state index contributed by atoms with van der Waals surface area (Å²) in [5, 5.41) is 12.3. The predicted molar refractivity (Wildman–Crippen MR) is 235 cm³/mol. The molecular weight excluding hydrogens is 679 g/mol. The normalized spacial score (nSPS) is 14.2. The van der Waals surface area contributed by atoms with Crippen LogP contribution in [0.1, 0.15) is 61.1 Å². The number of aliphatic hydroxyl groups excluding tert-OH is 1. The number of benzene rings is 8. The molecule has 0 saturated heterocycles. The average molecular weight is 724 g/mol. The molecule has 2 aliphatic rings. The second kappa shape index (κ2) is 12.7. The van der Waals surface area contributed by atoms with Crippen molar-refractivity contribution >= 4 is 27.8 Å². The highest BCUT2D eigenvalue weighted by molar-refractivity contribution is 6.03. The molecule has 0 saturated carbocycles. The minimum absolute atomic E-state index is 0.0121. The Hall–Kier alpha value is -6.22. The van der Waals surface area contributed by atoms with Crippen LogP contribution in [0.3, 0.4) is 0 Å². The van der Waals surface area contributed by atoms with Gasteiger partial charge in [-0.2, -0.15) is 0 Å². The lowest BCUT2D eigenvalue weighted by molar-refractivity contribution is 0.282. The van der Waals surface area contributed by atoms with Gasteiger partial charge in [-0.1, -0.05) is 142 Å². The second-order valence-electron chi connectivity index (χ2n) is 16.8. The van der Waals surface area contributed by atoms with Gasteiger partial charge in [-0.25, -0.2) is 0 Å². The van der Waals surface area contributed by atoms with Crippen molar-refractivity contribution in [2.75, 3.05) is 4.90 Å². The Morgan fingerprint density at radius 1 is 0.429 bits per heavy atom. The molecular formula is C54H45NO. The van der Waals surface area contributed by atoms with Crippen LogP contribution in [0.4, 0.5) is 17.1 Å². The van der Waals surface area contributed by atoms with Crippen LogP contribution in [0.5, 0.6) is 0 Å². The molecule has 56 heavy (non-hydrogen) atoms. The van der Waals surface area contributed by atoms with Crippen LogP contribution < -0.4 is 4.90 Å². The molecule has 0 atom stereocenters. The van der Waals surface area contributed by atoms with Crippen LogP contribution in [-0.4, -0.2) is 5.11 Å². The average Bonchev–Trinajstić information content (AvgIpc) is 3.60. The number of anilines is 3. The Morgan fingerprint density at radius 2 is 0.929 bits per heavy atom. The molecule has 0 fully saturated rings. The molecule has 2 nitrogen and oxygen atoms in total. The quantitative estimate of drug-likeness (QED) is 0.185. The van der Waals surface area contributed by atoms with Gasteiger partial charge in [-0.15, -0.1) is 0 Å². The standard InChI is InChI=1S/C54H45NO/c1-34-14-21-40(22-15-34)55(41-23-16-35(33-56)17-24-41)42-29-39-28-36(37-19-26-46-44-10-6-8-12-49(44)53(2,3)51(46)30-37)18-25-43(39)48(32-42)38-20-27-47-45-11-7-9-13-50(45)54(4,5)52(47)31-38/h6-32,56H,33H2,1-5H3. The van der Waals surface area contributed by atoms with Gasteiger partial charge in [0.2, 0.25) is 0 Å². The van der Waals surface area contributed by atoms with Crippen molar-refractivity contribution in [3.05, 3.63) is 197 Å². The molecule has 272 valence electrons. The SMILES string of the molecule is Cc1ccc(N(c2ccc(CO)cc2)c2cc(-c3ccc4c(c3)C(C)(C)c3ccccc3-4)c3ccc(-c4ccc5c(c4)C(C)(C)c4ccccc4-5)cc3c2)cc1. The first kappa shape index (κ1) is 34.3. The summed E-state index contributed by atoms with van der Waals surface area (Å²) in [6.45, 7) is 11.6. The zero-order valence-corrected chi connectivity index (χ0v) is 32.7. The van der Waals surface area contributed by atoms with E-state index in [0.29, 0.717) is 0 Å². The van der Waals surface area contributed by atoms with E-state index >= 15 is 0 Å². The summed E-state index contributed by atoms with van der Waals surface area (Å²) in [4.78, 5) is 2.35. The van der Waals surface area contributed by atoms with Crippen LogP contribution in [0.2, 0.25) is 0 Å². The molecule has 0 spiro atoms. The van der Waals surface area contributed by atoms with E-state index in [1.54, 1.807) is 0 Å². The molecule has 0 bridgehead atoms. The molecule has 10 rings (SSSR count). The second-order valence-corrected chi connectivity index (χ2v) is 16.8. The summed E-state index contributed by atoms with van der Waals surface area (Å²) in [6, 6.07) is 60.6. The molecule has 0 aliphatic heterocycles. The summed E-state index contributed by atoms with van der Waals surface area (Å²) < 4.78 is 0. The summed E-state index contributed by atoms with van der Waals surface area (Å²) in [5.41, 5.74) is 20.8. The van der Waals surface area contributed by atoms with Crippen molar-refractivity contribution in [2.45, 2.75) is 52.1 Å². The molecule has 1 N–H and O–H groups in total. The number of fused-ring (bicyclic) bond motifs is 7. The van der Waals surface area contributed by atoms with E-state index in [1.807, 2.05) is 12.1 Å². The first-order valence-corrected chi connectivity index (χ1v) is 19.8. The van der Waals surface area contributed by atoms with E-state index in [4.69, 9.17) is 0 Å². The van der Waals surface area contributed by atoms with Gasteiger partial charge in [0.1, 0.15) is 0 Å². The molecule has 2 heteroatoms. The van der Waals surface area contributed by atoms with Crippen LogP contribution in [0, 0.1) is 6.92 Å². The third-order valence-electron chi connectivity index (χ3n) is 12.7. The smallest absolute Gasteiger partial charge is 0.0681 e. The monoisotopic (exact) mass is 723 g/mol. The van der Waals surface area contributed by atoms with Gasteiger partial charge in [0.05, 0.1) is 6.61 Å². The lowest BCUT2D eigenvalue weighted by Gasteiger charge is -2.27. The van der Waals surface area contributed by atoms with Crippen molar-refractivity contribution < 1.29 is 5.11 Å². The third-order valence-corrected chi connectivity index (χ3v) is 12.7. The Labute approximate surface area is 330 Å². The van der Waals surface area contributed by atoms with Gasteiger partial charge < -0.3 is 10.0 Å². The van der Waals surface area contributed by atoms with Crippen molar-refractivity contribution in [1.82, 2.24) is 0 Å². The van der Waals surface area contributed by atoms with E-state index in [1.165, 1.54) is 83.1 Å². The Morgan fingerprint density at radius 3 is 1.54 bits per heavy atom. The highest BCUT2D eigenvalue weighted by Gasteiger charge is 2.36. The largest absolute Gasteiger partial charge is 0.392 e. The highest BCUT2D eigenvalue weighted by Crippen LogP contribution is 2.52. The first-order valence-electron chi connectivity index (χ1n) is 19.8. The number of rotatable bonds is 6. The topological polar surface area (TPSA) is 23.5 Å². The van der Waals surface area contributed by atoms with Crippen molar-refractivity contribution in [3.8, 4) is 44.5 Å². The minimum atomic E-state index is -0.105. The zero-order chi connectivity index (χ0) is 38.3. The van der Waals surface area contributed by atoms with Gasteiger partial charge in [0.15, 0.2) is 0 Å². The fourth-order valence-electron chi connectivity index (χ4n) is 9.55. The fraction of sp³-hybridized carbons (Fsp3) is 0.148. The van der Waals surface area contributed by atoms with Crippen LogP contribution >= 0.6 is 0 Å². The summed E-state index contributed by atoms with van der Waals surface area (Å²) in [5.74, 6) is 0. The van der Waals surface area contributed by atoms with E-state index < -0.39 is 0 Å². The molecule has 0 radical (unpaired) electrons. The number of hydrogen-bond donors (Lipinski definition) is 1. The molecule has 8 aromatic rings. The molecule has 2 aliphatic carbocycles. The maximum atomic E-state index is 9.91. The van der Waals surface area contributed by atoms with Gasteiger partial charge >= 0.3 is 0 Å². The van der Waals surface area contributed by atoms with Crippen LogP contribution in [0.15, 0.2) is 164 Å². The maximum absolute atomic E-state index is 9.91. The maximum Gasteiger partial charge on any atom is 0.0681 e. The van der Waals surface area contributed by atoms with Crippen molar-refractivity contribution in [3.63, 3.8) is 0 Å². The molecule has 0 aromatic heterocycles. The lowest BCUT2D eigenvalue weighted by atomic mass is 9.81. The predicted octanol–water partition coefficient (Wildman–Crippen LogP) is 14.1. The third kappa shape index (κ3) is 5.28. The van der Waals surface area contributed by atoms with Gasteiger partial charge in [0, 0.05) is 27.9 Å². The Balaban J connectivity index is 1.19. The van der Waals surface area contributed by atoms with Crippen molar-refractivity contribution in [1.29, 1.82) is 0 Å². The highest BCUT2D eigenvalue weighted by atomic mass is 16.3. The van der Waals surface area contributed by atoms with Crippen LogP contribution in [-0.2, 0) is 17.4 Å². The zero-order valence-electron chi connectivity index (χ0n) is 32.7. The number of aliphatic hydroxyl groups is 1. The van der Waals surface area contributed by atoms with E-state index in [-0.39, 0.29) is 17.4 Å². The van der Waals surface area contributed by atoms with Crippen molar-refractivity contribution in [2.24, 2.45) is 0 Å². The van der Waals surface area contributed by atoms with Gasteiger partial charge in [-0.3, -0.25) is 0 Å². The summed E-state index contributed by atoms with van der Waals surface area (Å²) in [6.07, 6.45) is 0. The minimum Gasteiger partial charge on any atom is -0.392 e. The van der Waals surface area contributed by atoms with Crippen LogP contribution in [0.25, 0.3) is 55.3 Å². The lowest BCUT2D eigenvalue weighted by Crippen LogP contribution is -2.15. The molecule has 0 amide bonds. The summed E-state index contributed by atoms with van der Waals surface area (Å²) >= 11 is 0.